The molecule has 20 heavy (non-hydrogen) atoms. The second-order valence-corrected chi connectivity index (χ2v) is 5.62. The van der Waals surface area contributed by atoms with Gasteiger partial charge in [-0.15, -0.1) is 4.83 Å². The third-order valence-corrected chi connectivity index (χ3v) is 3.80. The van der Waals surface area contributed by atoms with Gasteiger partial charge in [0.15, 0.2) is 0 Å². The minimum Gasteiger partial charge on any atom is -0.361 e. The second-order valence-electron chi connectivity index (χ2n) is 3.93. The maximum absolute atomic E-state index is 11.9. The summed E-state index contributed by atoms with van der Waals surface area (Å²) in [6, 6.07) is 11.7. The van der Waals surface area contributed by atoms with E-state index in [0.717, 1.165) is 10.8 Å². The fourth-order valence-electron chi connectivity index (χ4n) is 1.57. The molecule has 0 heterocycles. The van der Waals surface area contributed by atoms with E-state index in [1.54, 1.807) is 28.5 Å². The van der Waals surface area contributed by atoms with E-state index in [2.05, 4.69) is 0 Å². The molecule has 8 heteroatoms. The number of hydrogen-bond acceptors (Lipinski definition) is 4. The first kappa shape index (κ1) is 14.0. The molecule has 0 fully saturated rings. The molecule has 0 aliphatic heterocycles. The van der Waals surface area contributed by atoms with Gasteiger partial charge in [-0.1, -0.05) is 30.3 Å². The van der Waals surface area contributed by atoms with Crippen molar-refractivity contribution >= 4 is 32.6 Å². The monoisotopic (exact) mass is 293 g/mol. The number of carbonyl (C=O) groups excluding carboxylic acids is 2. The molecule has 2 amide bonds. The number of fused-ring (bicyclic) bond motifs is 1. The average molecular weight is 293 g/mol. The molecular weight excluding hydrogens is 282 g/mol. The number of hydrogen-bond donors (Lipinski definition) is 3. The van der Waals surface area contributed by atoms with Gasteiger partial charge in [-0.05, 0) is 22.9 Å². The topological polar surface area (TPSA) is 118 Å². The molecule has 4 N–H and O–H groups in total. The highest BCUT2D eigenvalue weighted by Gasteiger charge is 2.17. The Balaban J connectivity index is 2.27. The Labute approximate surface area is 114 Å². The van der Waals surface area contributed by atoms with Gasteiger partial charge in [-0.25, -0.2) is 8.42 Å². The molecule has 2 aromatic carbocycles. The molecule has 2 rings (SSSR count). The van der Waals surface area contributed by atoms with Crippen molar-refractivity contribution in [2.24, 2.45) is 5.73 Å². The highest BCUT2D eigenvalue weighted by Crippen LogP contribution is 2.18. The van der Waals surface area contributed by atoms with Crippen LogP contribution in [0.15, 0.2) is 47.4 Å². The van der Waals surface area contributed by atoms with E-state index >= 15 is 0 Å². The Morgan fingerprint density at radius 2 is 1.65 bits per heavy atom. The summed E-state index contributed by atoms with van der Waals surface area (Å²) in [5, 5.41) is 1.62. The first-order valence-corrected chi connectivity index (χ1v) is 6.99. The number of rotatable bonds is 3. The Morgan fingerprint density at radius 1 is 1.00 bits per heavy atom. The Bertz CT molecular complexity index is 786. The number of carbonyl (C=O) groups is 2. The van der Waals surface area contributed by atoms with E-state index in [4.69, 9.17) is 5.73 Å². The summed E-state index contributed by atoms with van der Waals surface area (Å²) in [5.41, 5.74) is 6.41. The fraction of sp³-hybridized carbons (Fsp3) is 0. The molecule has 0 bridgehead atoms. The summed E-state index contributed by atoms with van der Waals surface area (Å²) in [4.78, 5) is 23.2. The van der Waals surface area contributed by atoms with Gasteiger partial charge in [0.25, 0.3) is 10.0 Å². The summed E-state index contributed by atoms with van der Waals surface area (Å²) in [6.07, 6.45) is 0. The van der Waals surface area contributed by atoms with Gasteiger partial charge in [0, 0.05) is 0 Å². The van der Waals surface area contributed by atoms with Crippen molar-refractivity contribution in [3.05, 3.63) is 42.5 Å². The van der Waals surface area contributed by atoms with Gasteiger partial charge >= 0.3 is 11.8 Å². The van der Waals surface area contributed by atoms with Crippen LogP contribution in [0.4, 0.5) is 0 Å². The van der Waals surface area contributed by atoms with Gasteiger partial charge in [-0.2, -0.15) is 0 Å². The first-order valence-electron chi connectivity index (χ1n) is 5.50. The molecule has 0 aromatic heterocycles. The van der Waals surface area contributed by atoms with E-state index in [0.29, 0.717) is 0 Å². The molecule has 2 aromatic rings. The van der Waals surface area contributed by atoms with Crippen LogP contribution in [-0.4, -0.2) is 20.2 Å². The number of hydrazine groups is 1. The Hall–Kier alpha value is -2.45. The molecule has 104 valence electrons. The SMILES string of the molecule is NC(=O)C(=O)NNS(=O)(=O)c1ccc2ccccc2c1. The van der Waals surface area contributed by atoms with Crippen LogP contribution in [0.3, 0.4) is 0 Å². The molecule has 0 saturated carbocycles. The zero-order valence-corrected chi connectivity index (χ0v) is 11.0. The lowest BCUT2D eigenvalue weighted by Gasteiger charge is -2.07. The van der Waals surface area contributed by atoms with Crippen molar-refractivity contribution in [2.45, 2.75) is 4.90 Å². The average Bonchev–Trinajstić information content (AvgIpc) is 2.44. The first-order chi connectivity index (χ1) is 9.40. The van der Waals surface area contributed by atoms with Crippen LogP contribution in [0.5, 0.6) is 0 Å². The lowest BCUT2D eigenvalue weighted by Crippen LogP contribution is -2.46. The van der Waals surface area contributed by atoms with Gasteiger partial charge < -0.3 is 5.73 Å². The standard InChI is InChI=1S/C12H11N3O4S/c13-11(16)12(17)14-15-20(18,19)10-6-5-8-3-1-2-4-9(8)7-10/h1-7,15H,(H2,13,16)(H,14,17). The summed E-state index contributed by atoms with van der Waals surface area (Å²) in [5.74, 6) is -2.53. The number of sulfonamides is 1. The molecule has 0 saturated heterocycles. The van der Waals surface area contributed by atoms with Crippen LogP contribution in [0.25, 0.3) is 10.8 Å². The van der Waals surface area contributed by atoms with Crippen molar-refractivity contribution in [3.8, 4) is 0 Å². The molecule has 0 radical (unpaired) electrons. The van der Waals surface area contributed by atoms with Gasteiger partial charge in [-0.3, -0.25) is 15.0 Å². The maximum atomic E-state index is 11.9. The predicted molar refractivity (Wildman–Crippen MR) is 71.6 cm³/mol. The van der Waals surface area contributed by atoms with E-state index in [-0.39, 0.29) is 4.90 Å². The minimum absolute atomic E-state index is 0.0408. The summed E-state index contributed by atoms with van der Waals surface area (Å²) in [6.45, 7) is 0. The Kier molecular flexibility index (Phi) is 3.68. The van der Waals surface area contributed by atoms with Crippen molar-refractivity contribution in [3.63, 3.8) is 0 Å². The van der Waals surface area contributed by atoms with Crippen LogP contribution in [0.1, 0.15) is 0 Å². The van der Waals surface area contributed by atoms with Crippen LogP contribution in [0.2, 0.25) is 0 Å². The molecule has 0 aliphatic carbocycles. The van der Waals surface area contributed by atoms with Crippen molar-refractivity contribution in [1.29, 1.82) is 0 Å². The lowest BCUT2D eigenvalue weighted by atomic mass is 10.1. The van der Waals surface area contributed by atoms with Gasteiger partial charge in [0.05, 0.1) is 4.90 Å². The van der Waals surface area contributed by atoms with Crippen LogP contribution in [-0.2, 0) is 19.6 Å². The minimum atomic E-state index is -3.97. The van der Waals surface area contributed by atoms with Crippen LogP contribution >= 0.6 is 0 Å². The van der Waals surface area contributed by atoms with Gasteiger partial charge in [0.1, 0.15) is 0 Å². The maximum Gasteiger partial charge on any atom is 0.324 e. The number of benzene rings is 2. The van der Waals surface area contributed by atoms with Crippen LogP contribution in [0, 0.1) is 0 Å². The molecule has 0 aliphatic rings. The Morgan fingerprint density at radius 3 is 2.30 bits per heavy atom. The normalized spacial score (nSPS) is 11.2. The lowest BCUT2D eigenvalue weighted by molar-refractivity contribution is -0.137. The highest BCUT2D eigenvalue weighted by atomic mass is 32.2. The second kappa shape index (κ2) is 5.27. The van der Waals surface area contributed by atoms with E-state index < -0.39 is 21.8 Å². The smallest absolute Gasteiger partial charge is 0.324 e. The molecule has 0 unspecified atom stereocenters. The third-order valence-electron chi connectivity index (χ3n) is 2.55. The largest absolute Gasteiger partial charge is 0.361 e. The zero-order valence-electron chi connectivity index (χ0n) is 10.2. The summed E-state index contributed by atoms with van der Waals surface area (Å²) < 4.78 is 23.8. The van der Waals surface area contributed by atoms with E-state index in [1.807, 2.05) is 12.1 Å². The quantitative estimate of drug-likeness (QED) is 0.528. The summed E-state index contributed by atoms with van der Waals surface area (Å²) >= 11 is 0. The molecular formula is C12H11N3O4S. The van der Waals surface area contributed by atoms with Gasteiger partial charge in [0.2, 0.25) is 0 Å². The predicted octanol–water partition coefficient (Wildman–Crippen LogP) is -0.365. The third kappa shape index (κ3) is 2.92. The molecule has 7 nitrogen and oxygen atoms in total. The number of nitrogens with two attached hydrogens (primary N) is 1. The summed E-state index contributed by atoms with van der Waals surface area (Å²) in [7, 11) is -3.97. The van der Waals surface area contributed by atoms with Crippen molar-refractivity contribution in [1.82, 2.24) is 10.3 Å². The molecule has 0 atom stereocenters. The van der Waals surface area contributed by atoms with E-state index in [9.17, 15) is 18.0 Å². The zero-order chi connectivity index (χ0) is 14.8. The fourth-order valence-corrected chi connectivity index (χ4v) is 2.44. The molecule has 0 spiro atoms. The van der Waals surface area contributed by atoms with Crippen LogP contribution < -0.4 is 16.0 Å². The van der Waals surface area contributed by atoms with E-state index in [1.165, 1.54) is 12.1 Å². The number of amides is 2. The number of nitrogens with one attached hydrogen (secondary N) is 2. The number of primary amides is 1. The van der Waals surface area contributed by atoms with Crippen molar-refractivity contribution in [2.75, 3.05) is 0 Å². The highest BCUT2D eigenvalue weighted by molar-refractivity contribution is 7.89. The van der Waals surface area contributed by atoms with Crippen molar-refractivity contribution < 1.29 is 18.0 Å².